The quantitative estimate of drug-likeness (QED) is 0.849. The second kappa shape index (κ2) is 6.04. The molecule has 0 spiro atoms. The fraction of sp³-hybridized carbons (Fsp3) is 0.667. The lowest BCUT2D eigenvalue weighted by atomic mass is 9.98. The van der Waals surface area contributed by atoms with Gasteiger partial charge in [-0.1, -0.05) is 18.5 Å². The van der Waals surface area contributed by atoms with E-state index in [-0.39, 0.29) is 0 Å². The summed E-state index contributed by atoms with van der Waals surface area (Å²) in [7, 11) is 0. The average Bonchev–Trinajstić information content (AvgIpc) is 2.61. The Morgan fingerprint density at radius 2 is 2.35 bits per heavy atom. The zero-order valence-corrected chi connectivity index (χ0v) is 11.4. The molecule has 1 heterocycles. The topological polar surface area (TPSA) is 53.6 Å². The fourth-order valence-electron chi connectivity index (χ4n) is 1.81. The summed E-state index contributed by atoms with van der Waals surface area (Å²) in [5.41, 5.74) is 0.536. The zero-order chi connectivity index (χ0) is 12.9. The van der Waals surface area contributed by atoms with Gasteiger partial charge in [-0.2, -0.15) is 10.4 Å². The van der Waals surface area contributed by atoms with E-state index in [1.54, 1.807) is 6.20 Å². The van der Waals surface area contributed by atoms with E-state index < -0.39 is 5.54 Å². The molecule has 1 aromatic rings. The van der Waals surface area contributed by atoms with Gasteiger partial charge in [0.05, 0.1) is 23.0 Å². The van der Waals surface area contributed by atoms with Gasteiger partial charge in [0.25, 0.3) is 0 Å². The van der Waals surface area contributed by atoms with Crippen molar-refractivity contribution >= 4 is 11.6 Å². The van der Waals surface area contributed by atoms with Crippen LogP contribution in [0.1, 0.15) is 32.4 Å². The van der Waals surface area contributed by atoms with E-state index in [0.29, 0.717) is 5.02 Å². The van der Waals surface area contributed by atoms with Crippen molar-refractivity contribution in [3.8, 4) is 6.07 Å². The van der Waals surface area contributed by atoms with Crippen LogP contribution in [-0.4, -0.2) is 21.9 Å². The van der Waals surface area contributed by atoms with Crippen LogP contribution in [0.4, 0.5) is 0 Å². The van der Waals surface area contributed by atoms with Gasteiger partial charge in [-0.05, 0) is 33.2 Å². The Morgan fingerprint density at radius 3 is 2.82 bits per heavy atom. The third kappa shape index (κ3) is 3.72. The molecule has 0 amide bonds. The van der Waals surface area contributed by atoms with Crippen molar-refractivity contribution in [2.45, 2.75) is 45.7 Å². The number of aryl methyl sites for hydroxylation is 1. The summed E-state index contributed by atoms with van der Waals surface area (Å²) in [6.45, 7) is 7.48. The minimum atomic E-state index is -0.445. The van der Waals surface area contributed by atoms with Gasteiger partial charge < -0.3 is 0 Å². The van der Waals surface area contributed by atoms with Gasteiger partial charge >= 0.3 is 0 Å². The number of halogens is 1. The molecule has 0 bridgehead atoms. The number of hydrogen-bond donors (Lipinski definition) is 1. The van der Waals surface area contributed by atoms with Gasteiger partial charge in [0.1, 0.15) is 5.54 Å². The Labute approximate surface area is 108 Å². The van der Waals surface area contributed by atoms with Crippen LogP contribution in [0.15, 0.2) is 6.20 Å². The summed E-state index contributed by atoms with van der Waals surface area (Å²) >= 11 is 5.93. The summed E-state index contributed by atoms with van der Waals surface area (Å²) < 4.78 is 1.88. The molecule has 0 aliphatic rings. The van der Waals surface area contributed by atoms with Crippen molar-refractivity contribution in [1.82, 2.24) is 15.1 Å². The first kappa shape index (κ1) is 14.0. The van der Waals surface area contributed by atoms with Gasteiger partial charge in [-0.3, -0.25) is 10.00 Å². The number of nitrogens with zero attached hydrogens (tertiary/aromatic N) is 3. The highest BCUT2D eigenvalue weighted by Crippen LogP contribution is 2.16. The monoisotopic (exact) mass is 254 g/mol. The Kier molecular flexibility index (Phi) is 4.98. The molecule has 17 heavy (non-hydrogen) atoms. The van der Waals surface area contributed by atoms with E-state index in [1.165, 1.54) is 0 Å². The zero-order valence-electron chi connectivity index (χ0n) is 10.6. The van der Waals surface area contributed by atoms with E-state index in [9.17, 15) is 0 Å². The molecule has 0 saturated carbocycles. The Hall–Kier alpha value is -1.05. The summed E-state index contributed by atoms with van der Waals surface area (Å²) in [4.78, 5) is 0. The number of nitriles is 1. The highest BCUT2D eigenvalue weighted by atomic mass is 35.5. The number of aromatic nitrogens is 2. The molecule has 1 aromatic heterocycles. The maximum Gasteiger partial charge on any atom is 0.103 e. The summed E-state index contributed by atoms with van der Waals surface area (Å²) in [5, 5.41) is 17.2. The standard InChI is InChI=1S/C12H19ClN4/c1-4-15-12(3,9-14)6-5-7-17-10(2)11(13)8-16-17/h8,15H,4-7H2,1-3H3. The minimum absolute atomic E-state index is 0.445. The van der Waals surface area contributed by atoms with E-state index in [4.69, 9.17) is 16.9 Å². The first-order valence-corrected chi connectivity index (χ1v) is 6.24. The van der Waals surface area contributed by atoms with E-state index >= 15 is 0 Å². The number of nitrogens with one attached hydrogen (secondary N) is 1. The first-order valence-electron chi connectivity index (χ1n) is 5.86. The normalized spacial score (nSPS) is 14.3. The maximum atomic E-state index is 9.12. The van der Waals surface area contributed by atoms with Crippen LogP contribution in [0.25, 0.3) is 0 Å². The predicted octanol–water partition coefficient (Wildman–Crippen LogP) is 2.52. The lowest BCUT2D eigenvalue weighted by molar-refractivity contribution is 0.395. The van der Waals surface area contributed by atoms with Gasteiger partial charge in [-0.15, -0.1) is 0 Å². The van der Waals surface area contributed by atoms with E-state index in [1.807, 2.05) is 25.5 Å². The highest BCUT2D eigenvalue weighted by molar-refractivity contribution is 6.31. The summed E-state index contributed by atoms with van der Waals surface area (Å²) in [6.07, 6.45) is 3.36. The molecule has 0 aromatic carbocycles. The first-order chi connectivity index (χ1) is 8.02. The molecule has 0 aliphatic heterocycles. The highest BCUT2D eigenvalue weighted by Gasteiger charge is 2.21. The van der Waals surface area contributed by atoms with Crippen LogP contribution >= 0.6 is 11.6 Å². The molecular formula is C12H19ClN4. The fourth-order valence-corrected chi connectivity index (χ4v) is 1.95. The Morgan fingerprint density at radius 1 is 1.65 bits per heavy atom. The van der Waals surface area contributed by atoms with Gasteiger partial charge in [0.2, 0.25) is 0 Å². The second-order valence-electron chi connectivity index (χ2n) is 4.38. The molecule has 1 atom stereocenters. The molecule has 1 rings (SSSR count). The Balaban J connectivity index is 2.47. The third-order valence-electron chi connectivity index (χ3n) is 2.90. The van der Waals surface area contributed by atoms with Gasteiger partial charge in [0, 0.05) is 6.54 Å². The van der Waals surface area contributed by atoms with Crippen LogP contribution in [0.2, 0.25) is 5.02 Å². The van der Waals surface area contributed by atoms with Crippen molar-refractivity contribution in [2.75, 3.05) is 6.54 Å². The number of hydrogen-bond acceptors (Lipinski definition) is 3. The lowest BCUT2D eigenvalue weighted by Gasteiger charge is -2.22. The summed E-state index contributed by atoms with van der Waals surface area (Å²) in [5.74, 6) is 0. The molecule has 0 fully saturated rings. The van der Waals surface area contributed by atoms with E-state index in [2.05, 4.69) is 16.5 Å². The third-order valence-corrected chi connectivity index (χ3v) is 3.27. The van der Waals surface area contributed by atoms with Gasteiger partial charge in [-0.25, -0.2) is 0 Å². The van der Waals surface area contributed by atoms with Crippen LogP contribution in [0.3, 0.4) is 0 Å². The largest absolute Gasteiger partial charge is 0.300 e. The minimum Gasteiger partial charge on any atom is -0.300 e. The van der Waals surface area contributed by atoms with Crippen molar-refractivity contribution in [1.29, 1.82) is 5.26 Å². The van der Waals surface area contributed by atoms with Crippen LogP contribution < -0.4 is 5.32 Å². The SMILES string of the molecule is CCNC(C)(C#N)CCCn1ncc(Cl)c1C. The second-order valence-corrected chi connectivity index (χ2v) is 4.79. The molecule has 94 valence electrons. The van der Waals surface area contributed by atoms with Crippen LogP contribution in [-0.2, 0) is 6.54 Å². The van der Waals surface area contributed by atoms with Crippen molar-refractivity contribution in [3.05, 3.63) is 16.9 Å². The maximum absolute atomic E-state index is 9.12. The molecule has 1 unspecified atom stereocenters. The predicted molar refractivity (Wildman–Crippen MR) is 68.9 cm³/mol. The lowest BCUT2D eigenvalue weighted by Crippen LogP contribution is -2.40. The summed E-state index contributed by atoms with van der Waals surface area (Å²) in [6, 6.07) is 2.32. The molecule has 5 heteroatoms. The Bertz CT molecular complexity index is 407. The van der Waals surface area contributed by atoms with Gasteiger partial charge in [0.15, 0.2) is 0 Å². The molecule has 1 N–H and O–H groups in total. The average molecular weight is 255 g/mol. The van der Waals surface area contributed by atoms with Crippen LogP contribution in [0.5, 0.6) is 0 Å². The van der Waals surface area contributed by atoms with Crippen molar-refractivity contribution in [2.24, 2.45) is 0 Å². The smallest absolute Gasteiger partial charge is 0.103 e. The molecule has 0 aliphatic carbocycles. The molecular weight excluding hydrogens is 236 g/mol. The number of rotatable bonds is 6. The van der Waals surface area contributed by atoms with Crippen molar-refractivity contribution in [3.63, 3.8) is 0 Å². The van der Waals surface area contributed by atoms with Crippen molar-refractivity contribution < 1.29 is 0 Å². The van der Waals surface area contributed by atoms with E-state index in [0.717, 1.165) is 31.6 Å². The molecule has 4 nitrogen and oxygen atoms in total. The van der Waals surface area contributed by atoms with Crippen LogP contribution in [0, 0.1) is 18.3 Å². The molecule has 0 radical (unpaired) electrons. The molecule has 0 saturated heterocycles.